The van der Waals surface area contributed by atoms with Crippen LogP contribution in [-0.2, 0) is 6.54 Å². The summed E-state index contributed by atoms with van der Waals surface area (Å²) in [5, 5.41) is 8.39. The first-order chi connectivity index (χ1) is 12.1. The molecule has 0 aliphatic carbocycles. The fourth-order valence-corrected chi connectivity index (χ4v) is 2.38. The maximum atomic E-state index is 12.5. The lowest BCUT2D eigenvalue weighted by molar-refractivity contribution is -0.743. The maximum Gasteiger partial charge on any atom is 0.289 e. The molecule has 0 atom stereocenters. The quantitative estimate of drug-likeness (QED) is 0.511. The van der Waals surface area contributed by atoms with Crippen molar-refractivity contribution >= 4 is 11.9 Å². The third-order valence-electron chi connectivity index (χ3n) is 3.63. The van der Waals surface area contributed by atoms with Gasteiger partial charge in [0.15, 0.2) is 17.5 Å². The van der Waals surface area contributed by atoms with Gasteiger partial charge in [-0.05, 0) is 16.8 Å². The number of hydrogen-bond acceptors (Lipinski definition) is 4. The van der Waals surface area contributed by atoms with Gasteiger partial charge in [0.25, 0.3) is 5.82 Å². The fraction of sp³-hybridized carbons (Fsp3) is 0.158. The molecule has 3 aromatic rings. The topological polar surface area (TPSA) is 54.9 Å². The highest BCUT2D eigenvalue weighted by Crippen LogP contribution is 2.08. The summed E-state index contributed by atoms with van der Waals surface area (Å²) in [4.78, 5) is 14.4. The number of tetrazole rings is 1. The van der Waals surface area contributed by atoms with Crippen molar-refractivity contribution < 1.29 is 9.48 Å². The number of hydrogen-bond donors (Lipinski definition) is 0. The molecular weight excluding hydrogens is 314 g/mol. The molecule has 0 spiro atoms. The van der Waals surface area contributed by atoms with Crippen LogP contribution in [-0.4, -0.2) is 39.9 Å². The fourth-order valence-electron chi connectivity index (χ4n) is 2.38. The lowest BCUT2D eigenvalue weighted by Gasteiger charge is -2.03. The molecule has 0 bridgehead atoms. The Balaban J connectivity index is 1.96. The molecule has 126 valence electrons. The number of benzene rings is 2. The summed E-state index contributed by atoms with van der Waals surface area (Å²) in [5.74, 6) is 0.717. The first-order valence-electron chi connectivity index (χ1n) is 7.99. The molecule has 3 rings (SSSR count). The van der Waals surface area contributed by atoms with E-state index in [9.17, 15) is 4.79 Å². The van der Waals surface area contributed by atoms with Crippen LogP contribution in [0.2, 0.25) is 0 Å². The van der Waals surface area contributed by atoms with E-state index in [2.05, 4.69) is 10.4 Å². The Morgan fingerprint density at radius 2 is 1.72 bits per heavy atom. The van der Waals surface area contributed by atoms with Crippen LogP contribution < -0.4 is 4.68 Å². The number of Topliss-reactive ketones (excluding diaryl/α,β-unsaturated/α-hetero) is 1. The van der Waals surface area contributed by atoms with Gasteiger partial charge in [-0.15, -0.1) is 4.68 Å². The van der Waals surface area contributed by atoms with Gasteiger partial charge in [0.2, 0.25) is 0 Å². The normalized spacial score (nSPS) is 11.0. The van der Waals surface area contributed by atoms with Gasteiger partial charge < -0.3 is 4.90 Å². The molecular formula is C19H20N5O+. The van der Waals surface area contributed by atoms with E-state index in [0.717, 1.165) is 11.5 Å². The van der Waals surface area contributed by atoms with Gasteiger partial charge in [0.1, 0.15) is 10.9 Å². The number of aromatic nitrogens is 4. The Kier molecular flexibility index (Phi) is 4.99. The molecule has 0 N–H and O–H groups in total. The highest BCUT2D eigenvalue weighted by Gasteiger charge is 2.22. The summed E-state index contributed by atoms with van der Waals surface area (Å²) in [6, 6.07) is 18.9. The van der Waals surface area contributed by atoms with Crippen LogP contribution in [0.3, 0.4) is 0 Å². The minimum Gasteiger partial charge on any atom is -0.383 e. The van der Waals surface area contributed by atoms with E-state index in [4.69, 9.17) is 0 Å². The average Bonchev–Trinajstić information content (AvgIpc) is 3.04. The third kappa shape index (κ3) is 3.98. The van der Waals surface area contributed by atoms with Crippen LogP contribution in [0.15, 0.2) is 66.9 Å². The van der Waals surface area contributed by atoms with Crippen LogP contribution in [0.5, 0.6) is 0 Å². The van der Waals surface area contributed by atoms with Gasteiger partial charge in [-0.25, -0.2) is 0 Å². The number of para-hydroxylation sites is 1. The molecule has 1 heterocycles. The zero-order valence-corrected chi connectivity index (χ0v) is 14.3. The smallest absolute Gasteiger partial charge is 0.289 e. The molecule has 0 radical (unpaired) electrons. The minimum absolute atomic E-state index is 0.00906. The molecule has 0 aliphatic heterocycles. The van der Waals surface area contributed by atoms with Crippen molar-refractivity contribution in [1.29, 1.82) is 0 Å². The van der Waals surface area contributed by atoms with Gasteiger partial charge in [-0.2, -0.15) is 0 Å². The molecule has 0 saturated heterocycles. The first kappa shape index (κ1) is 16.6. The van der Waals surface area contributed by atoms with E-state index < -0.39 is 0 Å². The van der Waals surface area contributed by atoms with E-state index in [-0.39, 0.29) is 12.3 Å². The molecule has 0 amide bonds. The summed E-state index contributed by atoms with van der Waals surface area (Å²) >= 11 is 0. The number of rotatable bonds is 6. The second kappa shape index (κ2) is 7.53. The largest absolute Gasteiger partial charge is 0.383 e. The molecule has 25 heavy (non-hydrogen) atoms. The summed E-state index contributed by atoms with van der Waals surface area (Å²) in [7, 11) is 3.87. The Hall–Kier alpha value is -3.28. The molecule has 0 aliphatic rings. The summed E-state index contributed by atoms with van der Waals surface area (Å²) < 4.78 is 3.33. The van der Waals surface area contributed by atoms with Gasteiger partial charge in [-0.3, -0.25) is 4.79 Å². The van der Waals surface area contributed by atoms with Crippen molar-refractivity contribution in [2.24, 2.45) is 0 Å². The Bertz CT molecular complexity index is 869. The van der Waals surface area contributed by atoms with Crippen molar-refractivity contribution in [3.63, 3.8) is 0 Å². The monoisotopic (exact) mass is 334 g/mol. The van der Waals surface area contributed by atoms with E-state index in [0.29, 0.717) is 5.56 Å². The van der Waals surface area contributed by atoms with Crippen LogP contribution >= 0.6 is 0 Å². The highest BCUT2D eigenvalue weighted by molar-refractivity contribution is 5.94. The van der Waals surface area contributed by atoms with Gasteiger partial charge in [-0.1, -0.05) is 48.5 Å². The number of carbonyl (C=O) groups is 1. The second-order valence-corrected chi connectivity index (χ2v) is 5.81. The Morgan fingerprint density at radius 3 is 2.36 bits per heavy atom. The van der Waals surface area contributed by atoms with Crippen molar-refractivity contribution in [2.45, 2.75) is 6.54 Å². The number of nitrogens with zero attached hydrogens (tertiary/aromatic N) is 5. The molecule has 0 unspecified atom stereocenters. The first-order valence-corrected chi connectivity index (χ1v) is 7.99. The average molecular weight is 334 g/mol. The van der Waals surface area contributed by atoms with E-state index in [1.807, 2.05) is 79.8 Å². The summed E-state index contributed by atoms with van der Waals surface area (Å²) in [6.45, 7) is 0.129. The number of ketones is 1. The highest BCUT2D eigenvalue weighted by atomic mass is 16.1. The maximum absolute atomic E-state index is 12.5. The van der Waals surface area contributed by atoms with Gasteiger partial charge in [0.05, 0.1) is 0 Å². The molecule has 0 fully saturated rings. The predicted molar refractivity (Wildman–Crippen MR) is 95.0 cm³/mol. The molecule has 2 aromatic carbocycles. The zero-order valence-electron chi connectivity index (χ0n) is 14.3. The predicted octanol–water partition coefficient (Wildman–Crippen LogP) is 1.97. The van der Waals surface area contributed by atoms with Crippen LogP contribution in [0.1, 0.15) is 16.2 Å². The molecule has 1 aromatic heterocycles. The van der Waals surface area contributed by atoms with Crippen LogP contribution in [0.4, 0.5) is 0 Å². The second-order valence-electron chi connectivity index (χ2n) is 5.81. The zero-order chi connectivity index (χ0) is 17.6. The Labute approximate surface area is 146 Å². The molecule has 6 heteroatoms. The van der Waals surface area contributed by atoms with Gasteiger partial charge in [0, 0.05) is 31.9 Å². The molecule has 0 saturated carbocycles. The summed E-state index contributed by atoms with van der Waals surface area (Å²) in [5.41, 5.74) is 1.55. The van der Waals surface area contributed by atoms with Crippen molar-refractivity contribution in [2.75, 3.05) is 14.1 Å². The number of carbonyl (C=O) groups excluding carboxylic acids is 1. The minimum atomic E-state index is -0.00906. The lowest BCUT2D eigenvalue weighted by Crippen LogP contribution is -2.43. The lowest BCUT2D eigenvalue weighted by atomic mass is 10.1. The molecule has 6 nitrogen and oxygen atoms in total. The van der Waals surface area contributed by atoms with Crippen LogP contribution in [0, 0.1) is 0 Å². The third-order valence-corrected chi connectivity index (χ3v) is 3.63. The van der Waals surface area contributed by atoms with Crippen LogP contribution in [0.25, 0.3) is 11.8 Å². The van der Waals surface area contributed by atoms with Crippen molar-refractivity contribution in [3.05, 3.63) is 78.3 Å². The van der Waals surface area contributed by atoms with E-state index >= 15 is 0 Å². The SMILES string of the molecule is CN(C)/C=C/c1n(-c2ccccc2)nn[n+]1CC(=O)c1ccccc1. The standard InChI is InChI=1S/C19H20N5O/c1-22(2)14-13-19-23(15-18(25)16-9-5-3-6-10-16)20-21-24(19)17-11-7-4-8-12-17/h3-14H,15H2,1-2H3/q+1. The van der Waals surface area contributed by atoms with Crippen molar-refractivity contribution in [3.8, 4) is 5.69 Å². The summed E-state index contributed by atoms with van der Waals surface area (Å²) in [6.07, 6.45) is 3.80. The van der Waals surface area contributed by atoms with E-state index in [1.54, 1.807) is 21.5 Å². The Morgan fingerprint density at radius 1 is 1.08 bits per heavy atom. The van der Waals surface area contributed by atoms with Crippen molar-refractivity contribution in [1.82, 2.24) is 20.0 Å². The van der Waals surface area contributed by atoms with E-state index in [1.165, 1.54) is 0 Å². The van der Waals surface area contributed by atoms with Gasteiger partial charge >= 0.3 is 0 Å².